The summed E-state index contributed by atoms with van der Waals surface area (Å²) in [6, 6.07) is 3.48. The van der Waals surface area contributed by atoms with Crippen molar-refractivity contribution in [3.8, 4) is 37.0 Å². The topological polar surface area (TPSA) is 26.0 Å². The molecule has 14 heavy (non-hydrogen) atoms. The summed E-state index contributed by atoms with van der Waals surface area (Å²) in [6.07, 6.45) is 15.9. The number of rotatable bonds is 1. The van der Waals surface area contributed by atoms with Crippen molar-refractivity contribution in [1.82, 2.24) is 0 Å². The predicted octanol–water partition coefficient (Wildman–Crippen LogP) is 1.09. The minimum atomic E-state index is 0.323. The minimum absolute atomic E-state index is 0.323. The molecule has 0 radical (unpaired) electrons. The number of hydrogen-bond acceptors (Lipinski definition) is 1. The summed E-state index contributed by atoms with van der Waals surface area (Å²) in [5.74, 6) is 7.55. The molecule has 1 nitrogen and oxygen atoms in total. The van der Waals surface area contributed by atoms with Crippen LogP contribution in [0.15, 0.2) is 12.1 Å². The molecule has 0 atom stereocenters. The highest BCUT2D eigenvalue weighted by Crippen LogP contribution is 2.15. The molecule has 0 unspecified atom stereocenters. The number of benzene rings is 1. The predicted molar refractivity (Wildman–Crippen MR) is 58.1 cm³/mol. The van der Waals surface area contributed by atoms with E-state index in [1.807, 2.05) is 0 Å². The molecule has 0 aromatic heterocycles. The van der Waals surface area contributed by atoms with Gasteiger partial charge in [0.05, 0.1) is 0 Å². The average molecular weight is 179 g/mol. The van der Waals surface area contributed by atoms with Gasteiger partial charge in [0, 0.05) is 23.2 Å². The lowest BCUT2D eigenvalue weighted by Gasteiger charge is -2.06. The van der Waals surface area contributed by atoms with Crippen molar-refractivity contribution < 1.29 is 0 Å². The Kier molecular flexibility index (Phi) is 2.98. The molecule has 0 saturated heterocycles. The van der Waals surface area contributed by atoms with Crippen LogP contribution in [0.1, 0.15) is 22.3 Å². The number of terminal acetylenes is 3. The fourth-order valence-corrected chi connectivity index (χ4v) is 1.23. The van der Waals surface area contributed by atoms with Crippen LogP contribution < -0.4 is 5.73 Å². The number of nitrogens with two attached hydrogens (primary N) is 1. The van der Waals surface area contributed by atoms with Gasteiger partial charge >= 0.3 is 0 Å². The summed E-state index contributed by atoms with van der Waals surface area (Å²) in [6.45, 7) is 0.323. The first-order valence-electron chi connectivity index (χ1n) is 4.03. The zero-order chi connectivity index (χ0) is 10.6. The lowest BCUT2D eigenvalue weighted by atomic mass is 9.98. The molecule has 0 aliphatic carbocycles. The Morgan fingerprint density at radius 1 is 1.00 bits per heavy atom. The van der Waals surface area contributed by atoms with Crippen molar-refractivity contribution in [2.24, 2.45) is 5.73 Å². The number of hydrogen-bond donors (Lipinski definition) is 1. The Balaban J connectivity index is 3.54. The maximum absolute atomic E-state index is 5.55. The van der Waals surface area contributed by atoms with Crippen LogP contribution >= 0.6 is 0 Å². The SMILES string of the molecule is C#Cc1cc(C#C)c(CN)c(C#C)c1. The first kappa shape index (κ1) is 9.94. The van der Waals surface area contributed by atoms with Crippen LogP contribution in [0.4, 0.5) is 0 Å². The highest BCUT2D eigenvalue weighted by molar-refractivity contribution is 5.55. The molecular formula is C13H9N. The van der Waals surface area contributed by atoms with Crippen LogP contribution in [-0.2, 0) is 6.54 Å². The Bertz CT molecular complexity index is 440. The molecule has 0 amide bonds. The fraction of sp³-hybridized carbons (Fsp3) is 0.0769. The van der Waals surface area contributed by atoms with Crippen LogP contribution in [0.2, 0.25) is 0 Å². The van der Waals surface area contributed by atoms with Crippen LogP contribution in [-0.4, -0.2) is 0 Å². The summed E-state index contributed by atoms with van der Waals surface area (Å²) in [7, 11) is 0. The molecule has 0 heterocycles. The molecule has 1 heteroatoms. The van der Waals surface area contributed by atoms with E-state index in [2.05, 4.69) is 17.8 Å². The van der Waals surface area contributed by atoms with Crippen LogP contribution in [0, 0.1) is 37.0 Å². The van der Waals surface area contributed by atoms with E-state index in [-0.39, 0.29) is 0 Å². The summed E-state index contributed by atoms with van der Waals surface area (Å²) in [5, 5.41) is 0. The molecule has 1 aromatic carbocycles. The lowest BCUT2D eigenvalue weighted by molar-refractivity contribution is 1.06. The smallest absolute Gasteiger partial charge is 0.0312 e. The van der Waals surface area contributed by atoms with E-state index in [4.69, 9.17) is 25.0 Å². The largest absolute Gasteiger partial charge is 0.326 e. The van der Waals surface area contributed by atoms with Gasteiger partial charge in [0.2, 0.25) is 0 Å². The standard InChI is InChI=1S/C13H9N/c1-4-10-7-11(5-2)13(9-14)12(6-3)8-10/h1-3,7-8H,9,14H2. The highest BCUT2D eigenvalue weighted by Gasteiger charge is 2.05. The van der Waals surface area contributed by atoms with Gasteiger partial charge in [0.25, 0.3) is 0 Å². The van der Waals surface area contributed by atoms with E-state index in [1.165, 1.54) is 0 Å². The zero-order valence-electron chi connectivity index (χ0n) is 7.67. The normalized spacial score (nSPS) is 8.43. The van der Waals surface area contributed by atoms with E-state index in [9.17, 15) is 0 Å². The maximum Gasteiger partial charge on any atom is 0.0312 e. The van der Waals surface area contributed by atoms with E-state index >= 15 is 0 Å². The Morgan fingerprint density at radius 2 is 1.50 bits per heavy atom. The molecule has 0 spiro atoms. The summed E-state index contributed by atoms with van der Waals surface area (Å²) >= 11 is 0. The third-order valence-corrected chi connectivity index (χ3v) is 1.93. The fourth-order valence-electron chi connectivity index (χ4n) is 1.23. The van der Waals surface area contributed by atoms with Gasteiger partial charge in [-0.05, 0) is 17.7 Å². The van der Waals surface area contributed by atoms with Crippen LogP contribution in [0.3, 0.4) is 0 Å². The molecule has 1 aromatic rings. The van der Waals surface area contributed by atoms with Gasteiger partial charge < -0.3 is 5.73 Å². The molecule has 2 N–H and O–H groups in total. The molecule has 0 aliphatic rings. The van der Waals surface area contributed by atoms with Crippen molar-refractivity contribution >= 4 is 0 Å². The molecule has 0 fully saturated rings. The molecule has 0 bridgehead atoms. The molecule has 0 aliphatic heterocycles. The van der Waals surface area contributed by atoms with Gasteiger partial charge in [-0.1, -0.05) is 17.8 Å². The van der Waals surface area contributed by atoms with E-state index in [1.54, 1.807) is 12.1 Å². The lowest BCUT2D eigenvalue weighted by Crippen LogP contribution is -2.03. The third-order valence-electron chi connectivity index (χ3n) is 1.93. The van der Waals surface area contributed by atoms with Gasteiger partial charge in [0.15, 0.2) is 0 Å². The van der Waals surface area contributed by atoms with Gasteiger partial charge in [-0.25, -0.2) is 0 Å². The van der Waals surface area contributed by atoms with E-state index in [0.29, 0.717) is 23.2 Å². The second-order valence-electron chi connectivity index (χ2n) is 2.69. The summed E-state index contributed by atoms with van der Waals surface area (Å²) in [5.41, 5.74) is 8.39. The van der Waals surface area contributed by atoms with E-state index in [0.717, 1.165) is 5.56 Å². The molecular weight excluding hydrogens is 170 g/mol. The van der Waals surface area contributed by atoms with Crippen molar-refractivity contribution in [3.05, 3.63) is 34.4 Å². The van der Waals surface area contributed by atoms with Gasteiger partial charge in [-0.3, -0.25) is 0 Å². The van der Waals surface area contributed by atoms with Crippen LogP contribution in [0.25, 0.3) is 0 Å². The monoisotopic (exact) mass is 179 g/mol. The molecule has 66 valence electrons. The van der Waals surface area contributed by atoms with Crippen LogP contribution in [0.5, 0.6) is 0 Å². The van der Waals surface area contributed by atoms with Gasteiger partial charge in [-0.15, -0.1) is 19.3 Å². The second-order valence-corrected chi connectivity index (χ2v) is 2.69. The van der Waals surface area contributed by atoms with Crippen molar-refractivity contribution in [2.45, 2.75) is 6.54 Å². The third kappa shape index (κ3) is 1.62. The van der Waals surface area contributed by atoms with Crippen molar-refractivity contribution in [1.29, 1.82) is 0 Å². The van der Waals surface area contributed by atoms with E-state index < -0.39 is 0 Å². The first-order chi connectivity index (χ1) is 6.76. The molecule has 0 saturated carbocycles. The zero-order valence-corrected chi connectivity index (χ0v) is 7.67. The first-order valence-corrected chi connectivity index (χ1v) is 4.03. The highest BCUT2D eigenvalue weighted by atomic mass is 14.5. The second kappa shape index (κ2) is 4.20. The van der Waals surface area contributed by atoms with Gasteiger partial charge in [-0.2, -0.15) is 0 Å². The van der Waals surface area contributed by atoms with Gasteiger partial charge in [0.1, 0.15) is 0 Å². The minimum Gasteiger partial charge on any atom is -0.326 e. The van der Waals surface area contributed by atoms with Crippen molar-refractivity contribution in [3.63, 3.8) is 0 Å². The molecule has 1 rings (SSSR count). The quantitative estimate of drug-likeness (QED) is 0.642. The maximum atomic E-state index is 5.55. The Hall–Kier alpha value is -2.14. The Morgan fingerprint density at radius 3 is 1.79 bits per heavy atom. The summed E-state index contributed by atoms with van der Waals surface area (Å²) < 4.78 is 0. The Labute approximate surface area is 84.3 Å². The average Bonchev–Trinajstić information content (AvgIpc) is 2.26. The summed E-state index contributed by atoms with van der Waals surface area (Å²) in [4.78, 5) is 0. The van der Waals surface area contributed by atoms with Crippen molar-refractivity contribution in [2.75, 3.05) is 0 Å².